The van der Waals surface area contributed by atoms with Crippen molar-refractivity contribution >= 4 is 23.4 Å². The lowest BCUT2D eigenvalue weighted by Crippen LogP contribution is -2.17. The Labute approximate surface area is 185 Å². The van der Waals surface area contributed by atoms with E-state index in [1.54, 1.807) is 25.1 Å². The van der Waals surface area contributed by atoms with Crippen LogP contribution in [0.2, 0.25) is 5.02 Å². The van der Waals surface area contributed by atoms with Crippen LogP contribution in [0.4, 0.5) is 0 Å². The molecule has 0 fully saturated rings. The molecule has 1 aromatic heterocycles. The van der Waals surface area contributed by atoms with E-state index in [9.17, 15) is 14.9 Å². The molecule has 2 rings (SSSR count). The van der Waals surface area contributed by atoms with Gasteiger partial charge in [-0.3, -0.25) is 10.1 Å². The molecule has 1 heterocycles. The number of benzene rings is 1. The quantitative estimate of drug-likeness (QED) is 0.233. The number of allylic oxidation sites excluding steroid dienone is 3. The average Bonchev–Trinajstić information content (AvgIpc) is 3.04. The van der Waals surface area contributed by atoms with E-state index in [-0.39, 0.29) is 17.5 Å². The number of rotatable bonds is 8. The number of nitrogens with zero attached hydrogens (tertiary/aromatic N) is 3. The van der Waals surface area contributed by atoms with Gasteiger partial charge in [0.2, 0.25) is 5.16 Å². The SMILES string of the molecule is CCC(C)/C(C)=C/C(=C(\C)Sc1n[nH]c(=O)n1-c1cc(Cl)ccc1C(C)C)[N+](=O)[O-]. The van der Waals surface area contributed by atoms with Crippen LogP contribution in [0.1, 0.15) is 59.4 Å². The molecule has 0 aliphatic carbocycles. The van der Waals surface area contributed by atoms with Crippen molar-refractivity contribution in [3.8, 4) is 5.69 Å². The summed E-state index contributed by atoms with van der Waals surface area (Å²) in [4.78, 5) is 24.3. The van der Waals surface area contributed by atoms with Gasteiger partial charge in [-0.2, -0.15) is 0 Å². The third-order valence-electron chi connectivity index (χ3n) is 5.05. The molecule has 1 N–H and O–H groups in total. The number of nitro groups is 1. The maximum absolute atomic E-state index is 12.5. The largest absolute Gasteiger partial charge is 0.348 e. The lowest BCUT2D eigenvalue weighted by atomic mass is 9.99. The van der Waals surface area contributed by atoms with E-state index in [0.29, 0.717) is 20.8 Å². The average molecular weight is 451 g/mol. The van der Waals surface area contributed by atoms with Crippen LogP contribution in [-0.4, -0.2) is 19.7 Å². The molecule has 0 aliphatic heterocycles. The van der Waals surface area contributed by atoms with Crippen LogP contribution in [0.25, 0.3) is 5.69 Å². The zero-order valence-electron chi connectivity index (χ0n) is 18.0. The van der Waals surface area contributed by atoms with Crippen molar-refractivity contribution in [3.05, 3.63) is 71.6 Å². The molecule has 7 nitrogen and oxygen atoms in total. The van der Waals surface area contributed by atoms with Gasteiger partial charge in [-0.25, -0.2) is 14.5 Å². The van der Waals surface area contributed by atoms with Crippen LogP contribution in [0.3, 0.4) is 0 Å². The number of halogens is 1. The van der Waals surface area contributed by atoms with Gasteiger partial charge in [0.1, 0.15) is 0 Å². The minimum absolute atomic E-state index is 0.00465. The number of hydrogen-bond acceptors (Lipinski definition) is 5. The van der Waals surface area contributed by atoms with Gasteiger partial charge in [0.25, 0.3) is 5.70 Å². The Bertz CT molecular complexity index is 1050. The Morgan fingerprint density at radius 3 is 2.60 bits per heavy atom. The van der Waals surface area contributed by atoms with Crippen molar-refractivity contribution in [2.45, 2.75) is 59.0 Å². The summed E-state index contributed by atoms with van der Waals surface area (Å²) in [5.74, 6) is 0.380. The first-order valence-corrected chi connectivity index (χ1v) is 10.9. The first-order chi connectivity index (χ1) is 14.1. The summed E-state index contributed by atoms with van der Waals surface area (Å²) in [7, 11) is 0. The summed E-state index contributed by atoms with van der Waals surface area (Å²) in [6, 6.07) is 5.36. The van der Waals surface area contributed by atoms with Gasteiger partial charge in [0, 0.05) is 11.1 Å². The fourth-order valence-corrected chi connectivity index (χ4v) is 3.96. The highest BCUT2D eigenvalue weighted by atomic mass is 35.5. The normalized spacial score (nSPS) is 14.1. The Kier molecular flexibility index (Phi) is 8.09. The molecule has 1 atom stereocenters. The predicted molar refractivity (Wildman–Crippen MR) is 122 cm³/mol. The molecule has 0 amide bonds. The van der Waals surface area contributed by atoms with E-state index < -0.39 is 10.6 Å². The topological polar surface area (TPSA) is 93.8 Å². The van der Waals surface area contributed by atoms with Gasteiger partial charge >= 0.3 is 5.69 Å². The molecule has 2 aromatic rings. The maximum atomic E-state index is 12.5. The zero-order valence-corrected chi connectivity index (χ0v) is 19.6. The number of aromatic amines is 1. The molecule has 0 saturated heterocycles. The molecular weight excluding hydrogens is 424 g/mol. The van der Waals surface area contributed by atoms with E-state index >= 15 is 0 Å². The van der Waals surface area contributed by atoms with Crippen molar-refractivity contribution in [1.29, 1.82) is 0 Å². The van der Waals surface area contributed by atoms with Crippen LogP contribution in [0.5, 0.6) is 0 Å². The molecule has 0 radical (unpaired) electrons. The van der Waals surface area contributed by atoms with Gasteiger partial charge in [0.15, 0.2) is 0 Å². The highest BCUT2D eigenvalue weighted by Gasteiger charge is 2.21. The molecule has 0 bridgehead atoms. The summed E-state index contributed by atoms with van der Waals surface area (Å²) in [5.41, 5.74) is 2.04. The van der Waals surface area contributed by atoms with Crippen molar-refractivity contribution in [1.82, 2.24) is 14.8 Å². The Hall–Kier alpha value is -2.32. The van der Waals surface area contributed by atoms with Crippen molar-refractivity contribution in [3.63, 3.8) is 0 Å². The second-order valence-electron chi connectivity index (χ2n) is 7.50. The van der Waals surface area contributed by atoms with Crippen molar-refractivity contribution in [2.24, 2.45) is 5.92 Å². The predicted octanol–water partition coefficient (Wildman–Crippen LogP) is 5.93. The van der Waals surface area contributed by atoms with Crippen LogP contribution in [-0.2, 0) is 0 Å². The third-order valence-corrected chi connectivity index (χ3v) is 6.26. The standard InChI is InChI=1S/C21H27ClN4O3S/c1-7-13(4)14(5)10-18(26(28)29)15(6)30-21-24-23-20(27)25(21)19-11-16(22)8-9-17(19)12(2)3/h8-13H,7H2,1-6H3,(H,23,27)/b14-10+,18-15-. The van der Waals surface area contributed by atoms with Crippen LogP contribution >= 0.6 is 23.4 Å². The number of H-pyrrole nitrogens is 1. The third kappa shape index (κ3) is 5.43. The Balaban J connectivity index is 2.59. The van der Waals surface area contributed by atoms with Gasteiger partial charge in [0.05, 0.1) is 15.5 Å². The number of thioether (sulfide) groups is 1. The molecule has 0 spiro atoms. The molecule has 0 saturated carbocycles. The first-order valence-electron chi connectivity index (χ1n) is 9.75. The Morgan fingerprint density at radius 2 is 2.03 bits per heavy atom. The Morgan fingerprint density at radius 1 is 1.37 bits per heavy atom. The van der Waals surface area contributed by atoms with Crippen LogP contribution in [0.15, 0.2) is 50.4 Å². The smallest absolute Gasteiger partial charge is 0.258 e. The molecule has 1 unspecified atom stereocenters. The zero-order chi connectivity index (χ0) is 22.6. The second kappa shape index (κ2) is 10.1. The van der Waals surface area contributed by atoms with E-state index in [2.05, 4.69) is 10.2 Å². The van der Waals surface area contributed by atoms with Gasteiger partial charge in [-0.1, -0.05) is 50.9 Å². The summed E-state index contributed by atoms with van der Waals surface area (Å²) in [5, 5.41) is 19.1. The highest BCUT2D eigenvalue weighted by molar-refractivity contribution is 8.02. The summed E-state index contributed by atoms with van der Waals surface area (Å²) < 4.78 is 1.41. The number of hydrogen-bond donors (Lipinski definition) is 1. The lowest BCUT2D eigenvalue weighted by Gasteiger charge is -2.14. The minimum atomic E-state index is -0.427. The van der Waals surface area contributed by atoms with Gasteiger partial charge < -0.3 is 0 Å². The monoisotopic (exact) mass is 450 g/mol. The number of nitrogens with one attached hydrogen (secondary N) is 1. The fraction of sp³-hybridized carbons (Fsp3) is 0.429. The van der Waals surface area contributed by atoms with Gasteiger partial charge in [-0.15, -0.1) is 5.10 Å². The summed E-state index contributed by atoms with van der Waals surface area (Å²) in [6.07, 6.45) is 2.50. The molecule has 9 heteroatoms. The molecule has 1 aromatic carbocycles. The summed E-state index contributed by atoms with van der Waals surface area (Å²) >= 11 is 7.26. The van der Waals surface area contributed by atoms with Crippen molar-refractivity contribution < 1.29 is 4.92 Å². The highest BCUT2D eigenvalue weighted by Crippen LogP contribution is 2.32. The molecule has 30 heavy (non-hydrogen) atoms. The minimum Gasteiger partial charge on any atom is -0.258 e. The van der Waals surface area contributed by atoms with E-state index in [1.165, 1.54) is 4.57 Å². The second-order valence-corrected chi connectivity index (χ2v) is 9.12. The van der Waals surface area contributed by atoms with Gasteiger partial charge in [-0.05, 0) is 61.6 Å². The lowest BCUT2D eigenvalue weighted by molar-refractivity contribution is -0.419. The molecular formula is C21H27ClN4O3S. The van der Waals surface area contributed by atoms with E-state index in [1.807, 2.05) is 40.7 Å². The van der Waals surface area contributed by atoms with E-state index in [0.717, 1.165) is 29.3 Å². The van der Waals surface area contributed by atoms with Crippen molar-refractivity contribution in [2.75, 3.05) is 0 Å². The molecule has 162 valence electrons. The molecule has 0 aliphatic rings. The van der Waals surface area contributed by atoms with Crippen LogP contribution in [0, 0.1) is 16.0 Å². The van der Waals surface area contributed by atoms with E-state index in [4.69, 9.17) is 11.6 Å². The number of aromatic nitrogens is 3. The first kappa shape index (κ1) is 24.0. The summed E-state index contributed by atoms with van der Waals surface area (Å²) in [6.45, 7) is 11.7. The fourth-order valence-electron chi connectivity index (χ4n) is 2.91. The maximum Gasteiger partial charge on any atom is 0.348 e. The van der Waals surface area contributed by atoms with Crippen LogP contribution < -0.4 is 5.69 Å².